The second kappa shape index (κ2) is 7.74. The molecule has 0 aliphatic rings. The summed E-state index contributed by atoms with van der Waals surface area (Å²) in [5.41, 5.74) is 0.620. The molecular formula is C18H20FNO3. The van der Waals surface area contributed by atoms with Gasteiger partial charge in [0.25, 0.3) is 0 Å². The molecule has 2 aromatic rings. The molecule has 0 spiro atoms. The topological polar surface area (TPSA) is 62.5 Å². The first kappa shape index (κ1) is 17.0. The van der Waals surface area contributed by atoms with Gasteiger partial charge in [-0.15, -0.1) is 0 Å². The molecule has 0 radical (unpaired) electrons. The molecule has 1 aromatic carbocycles. The summed E-state index contributed by atoms with van der Waals surface area (Å²) in [7, 11) is 0. The van der Waals surface area contributed by atoms with Gasteiger partial charge in [0, 0.05) is 12.1 Å². The Labute approximate surface area is 134 Å². The minimum absolute atomic E-state index is 0.231. The Balaban J connectivity index is 1.83. The van der Waals surface area contributed by atoms with Crippen molar-refractivity contribution < 1.29 is 18.7 Å². The molecular weight excluding hydrogens is 297 g/mol. The maximum Gasteiger partial charge on any atom is 0.244 e. The summed E-state index contributed by atoms with van der Waals surface area (Å²) >= 11 is 0. The van der Waals surface area contributed by atoms with Gasteiger partial charge >= 0.3 is 0 Å². The largest absolute Gasteiger partial charge is 0.462 e. The molecule has 0 saturated carbocycles. The summed E-state index contributed by atoms with van der Waals surface area (Å²) in [4.78, 5) is 11.8. The molecule has 1 heterocycles. The van der Waals surface area contributed by atoms with Crippen LogP contribution >= 0.6 is 0 Å². The van der Waals surface area contributed by atoms with E-state index in [2.05, 4.69) is 5.32 Å². The molecule has 1 amide bonds. The van der Waals surface area contributed by atoms with Gasteiger partial charge in [-0.2, -0.15) is 0 Å². The van der Waals surface area contributed by atoms with Gasteiger partial charge in [-0.05, 0) is 56.2 Å². The molecule has 0 saturated heterocycles. The zero-order valence-electron chi connectivity index (χ0n) is 13.1. The lowest BCUT2D eigenvalue weighted by Crippen LogP contribution is -2.32. The number of rotatable bonds is 6. The zero-order valence-corrected chi connectivity index (χ0v) is 13.1. The molecule has 2 unspecified atom stereocenters. The van der Waals surface area contributed by atoms with Crippen molar-refractivity contribution in [2.45, 2.75) is 32.4 Å². The molecule has 122 valence electrons. The van der Waals surface area contributed by atoms with Crippen LogP contribution in [0, 0.1) is 12.7 Å². The summed E-state index contributed by atoms with van der Waals surface area (Å²) in [5, 5.41) is 12.9. The van der Waals surface area contributed by atoms with Crippen molar-refractivity contribution in [1.82, 2.24) is 5.32 Å². The smallest absolute Gasteiger partial charge is 0.244 e. The van der Waals surface area contributed by atoms with Crippen LogP contribution in [0.3, 0.4) is 0 Å². The van der Waals surface area contributed by atoms with Crippen molar-refractivity contribution in [1.29, 1.82) is 0 Å². The average molecular weight is 317 g/mol. The summed E-state index contributed by atoms with van der Waals surface area (Å²) in [6.07, 6.45) is 2.55. The van der Waals surface area contributed by atoms with E-state index >= 15 is 0 Å². The van der Waals surface area contributed by atoms with Crippen molar-refractivity contribution in [2.24, 2.45) is 0 Å². The fourth-order valence-electron chi connectivity index (χ4n) is 2.21. The van der Waals surface area contributed by atoms with E-state index < -0.39 is 6.10 Å². The molecule has 2 rings (SSSR count). The summed E-state index contributed by atoms with van der Waals surface area (Å²) in [6, 6.07) is 9.04. The van der Waals surface area contributed by atoms with E-state index in [1.807, 2.05) is 13.0 Å². The van der Waals surface area contributed by atoms with E-state index in [-0.39, 0.29) is 17.8 Å². The maximum absolute atomic E-state index is 12.9. The average Bonchev–Trinajstić information content (AvgIpc) is 2.91. The molecule has 23 heavy (non-hydrogen) atoms. The van der Waals surface area contributed by atoms with Crippen LogP contribution in [0.25, 0.3) is 6.08 Å². The normalized spacial score (nSPS) is 13.9. The Bertz CT molecular complexity index is 676. The van der Waals surface area contributed by atoms with Crippen LogP contribution in [0.15, 0.2) is 46.9 Å². The van der Waals surface area contributed by atoms with E-state index in [0.717, 1.165) is 5.76 Å². The number of nitrogens with one attached hydrogen (secondary N) is 1. The Morgan fingerprint density at radius 1 is 1.30 bits per heavy atom. The predicted molar refractivity (Wildman–Crippen MR) is 86.1 cm³/mol. The van der Waals surface area contributed by atoms with Gasteiger partial charge in [0.2, 0.25) is 5.91 Å². The number of aliphatic hydroxyl groups is 1. The van der Waals surface area contributed by atoms with Gasteiger partial charge < -0.3 is 14.8 Å². The minimum Gasteiger partial charge on any atom is -0.462 e. The number of halogens is 1. The van der Waals surface area contributed by atoms with Crippen LogP contribution in [0.2, 0.25) is 0 Å². The number of carbonyl (C=O) groups excluding carboxylic acids is 1. The molecule has 0 fully saturated rings. The van der Waals surface area contributed by atoms with Crippen LogP contribution in [0.4, 0.5) is 4.39 Å². The third-order valence-electron chi connectivity index (χ3n) is 3.38. The van der Waals surface area contributed by atoms with Gasteiger partial charge in [0.1, 0.15) is 17.3 Å². The van der Waals surface area contributed by atoms with Gasteiger partial charge in [0.15, 0.2) is 0 Å². The maximum atomic E-state index is 12.9. The molecule has 2 N–H and O–H groups in total. The predicted octanol–water partition coefficient (Wildman–Crippen LogP) is 3.37. The van der Waals surface area contributed by atoms with Gasteiger partial charge in [0.05, 0.1) is 6.10 Å². The highest BCUT2D eigenvalue weighted by Crippen LogP contribution is 2.18. The Morgan fingerprint density at radius 3 is 2.61 bits per heavy atom. The number of amides is 1. The van der Waals surface area contributed by atoms with Gasteiger partial charge in [-0.25, -0.2) is 4.39 Å². The number of benzene rings is 1. The zero-order chi connectivity index (χ0) is 16.8. The minimum atomic E-state index is -0.761. The Hall–Kier alpha value is -2.40. The van der Waals surface area contributed by atoms with Crippen molar-refractivity contribution in [3.8, 4) is 0 Å². The molecule has 4 nitrogen and oxygen atoms in total. The lowest BCUT2D eigenvalue weighted by atomic mass is 10.0. The molecule has 0 bridgehead atoms. The first-order valence-corrected chi connectivity index (χ1v) is 7.42. The van der Waals surface area contributed by atoms with Crippen LogP contribution in [0.5, 0.6) is 0 Å². The van der Waals surface area contributed by atoms with E-state index in [1.54, 1.807) is 19.1 Å². The van der Waals surface area contributed by atoms with E-state index in [1.165, 1.54) is 30.3 Å². The number of furan rings is 1. The monoisotopic (exact) mass is 317 g/mol. The fourth-order valence-corrected chi connectivity index (χ4v) is 2.21. The van der Waals surface area contributed by atoms with Gasteiger partial charge in [-0.3, -0.25) is 4.79 Å². The summed E-state index contributed by atoms with van der Waals surface area (Å²) < 4.78 is 18.2. The highest BCUT2D eigenvalue weighted by atomic mass is 19.1. The SMILES string of the molecule is Cc1ccc(/C=C/C(=O)NC(C)CC(O)c2ccc(F)cc2)o1. The molecule has 2 atom stereocenters. The number of hydrogen-bond acceptors (Lipinski definition) is 3. The number of aryl methyl sites for hydroxylation is 1. The van der Waals surface area contributed by atoms with Crippen LogP contribution in [-0.4, -0.2) is 17.1 Å². The quantitative estimate of drug-likeness (QED) is 0.803. The third-order valence-corrected chi connectivity index (χ3v) is 3.38. The molecule has 5 heteroatoms. The van der Waals surface area contributed by atoms with E-state index in [9.17, 15) is 14.3 Å². The first-order valence-electron chi connectivity index (χ1n) is 7.42. The van der Waals surface area contributed by atoms with Crippen LogP contribution in [-0.2, 0) is 4.79 Å². The standard InChI is InChI=1S/C18H20FNO3/c1-12(11-17(21)14-4-6-15(19)7-5-14)20-18(22)10-9-16-8-3-13(2)23-16/h3-10,12,17,21H,11H2,1-2H3,(H,20,22)/b10-9+. The van der Waals surface area contributed by atoms with E-state index in [4.69, 9.17) is 4.42 Å². The van der Waals surface area contributed by atoms with Crippen LogP contribution in [0.1, 0.15) is 36.5 Å². The number of carbonyl (C=O) groups is 1. The van der Waals surface area contributed by atoms with Crippen LogP contribution < -0.4 is 5.32 Å². The first-order chi connectivity index (χ1) is 10.9. The summed E-state index contributed by atoms with van der Waals surface area (Å²) in [6.45, 7) is 3.63. The fraction of sp³-hybridized carbons (Fsp3) is 0.278. The Kier molecular flexibility index (Phi) is 5.71. The summed E-state index contributed by atoms with van der Waals surface area (Å²) in [5.74, 6) is 0.774. The van der Waals surface area contributed by atoms with Crippen molar-refractivity contribution in [3.63, 3.8) is 0 Å². The molecule has 0 aliphatic carbocycles. The molecule has 1 aromatic heterocycles. The van der Waals surface area contributed by atoms with Crippen molar-refractivity contribution >= 4 is 12.0 Å². The van der Waals surface area contributed by atoms with Gasteiger partial charge in [-0.1, -0.05) is 12.1 Å². The third kappa shape index (κ3) is 5.38. The van der Waals surface area contributed by atoms with Crippen molar-refractivity contribution in [2.75, 3.05) is 0 Å². The number of aliphatic hydroxyl groups excluding tert-OH is 1. The number of hydrogen-bond donors (Lipinski definition) is 2. The molecule has 0 aliphatic heterocycles. The highest BCUT2D eigenvalue weighted by molar-refractivity contribution is 5.91. The second-order valence-corrected chi connectivity index (χ2v) is 5.49. The van der Waals surface area contributed by atoms with E-state index in [0.29, 0.717) is 17.7 Å². The second-order valence-electron chi connectivity index (χ2n) is 5.49. The lowest BCUT2D eigenvalue weighted by molar-refractivity contribution is -0.117. The Morgan fingerprint density at radius 2 is 2.00 bits per heavy atom. The van der Waals surface area contributed by atoms with Crippen molar-refractivity contribution in [3.05, 3.63) is 65.4 Å². The highest BCUT2D eigenvalue weighted by Gasteiger charge is 2.13. The lowest BCUT2D eigenvalue weighted by Gasteiger charge is -2.17.